The normalized spacial score (nSPS) is 21.2. The molecule has 1 atom stereocenters. The number of nitrogens with two attached hydrogens (primary N) is 1. The van der Waals surface area contributed by atoms with Gasteiger partial charge in [0.25, 0.3) is 0 Å². The number of aromatic nitrogens is 1. The zero-order valence-electron chi connectivity index (χ0n) is 8.87. The number of anilines is 2. The van der Waals surface area contributed by atoms with E-state index in [1.807, 2.05) is 12.1 Å². The van der Waals surface area contributed by atoms with E-state index in [1.165, 1.54) is 19.4 Å². The molecule has 1 fully saturated rings. The summed E-state index contributed by atoms with van der Waals surface area (Å²) < 4.78 is 0. The van der Waals surface area contributed by atoms with Crippen molar-refractivity contribution in [2.75, 3.05) is 30.7 Å². The first-order valence-corrected chi connectivity index (χ1v) is 5.51. The van der Waals surface area contributed by atoms with Crippen LogP contribution in [0.4, 0.5) is 11.5 Å². The van der Waals surface area contributed by atoms with Crippen molar-refractivity contribution in [3.8, 4) is 0 Å². The third kappa shape index (κ3) is 3.09. The minimum Gasteiger partial charge on any atom is -0.384 e. The fourth-order valence-corrected chi connectivity index (χ4v) is 1.87. The highest BCUT2D eigenvalue weighted by Crippen LogP contribution is 2.12. The summed E-state index contributed by atoms with van der Waals surface area (Å²) in [6.07, 6.45) is 4.38. The number of hydrogen-bond donors (Lipinski definition) is 3. The van der Waals surface area contributed by atoms with Gasteiger partial charge in [-0.05, 0) is 44.0 Å². The molecule has 4 nitrogen and oxygen atoms in total. The molecule has 0 amide bonds. The molecule has 0 spiro atoms. The average molecular weight is 206 g/mol. The van der Waals surface area contributed by atoms with Crippen molar-refractivity contribution in [3.63, 3.8) is 0 Å². The molecule has 4 N–H and O–H groups in total. The van der Waals surface area contributed by atoms with Crippen molar-refractivity contribution in [3.05, 3.63) is 18.3 Å². The Hall–Kier alpha value is -1.29. The summed E-state index contributed by atoms with van der Waals surface area (Å²) in [5.41, 5.74) is 6.57. The van der Waals surface area contributed by atoms with Crippen LogP contribution in [0.25, 0.3) is 0 Å². The Balaban J connectivity index is 1.79. The third-order valence-corrected chi connectivity index (χ3v) is 2.78. The van der Waals surface area contributed by atoms with Gasteiger partial charge in [0.2, 0.25) is 0 Å². The van der Waals surface area contributed by atoms with Gasteiger partial charge in [0, 0.05) is 6.54 Å². The summed E-state index contributed by atoms with van der Waals surface area (Å²) in [6, 6.07) is 3.79. The summed E-state index contributed by atoms with van der Waals surface area (Å²) in [5.74, 6) is 1.30. The van der Waals surface area contributed by atoms with E-state index >= 15 is 0 Å². The van der Waals surface area contributed by atoms with Gasteiger partial charge in [0.1, 0.15) is 5.82 Å². The Bertz CT molecular complexity index is 290. The van der Waals surface area contributed by atoms with Crippen molar-refractivity contribution < 1.29 is 0 Å². The zero-order chi connectivity index (χ0) is 10.5. The summed E-state index contributed by atoms with van der Waals surface area (Å²) in [4.78, 5) is 4.04. The topological polar surface area (TPSA) is 63.0 Å². The maximum atomic E-state index is 5.52. The number of piperidine rings is 1. The molecule has 1 unspecified atom stereocenters. The molecule has 1 aromatic rings. The smallest absolute Gasteiger partial charge is 0.123 e. The predicted octanol–water partition coefficient (Wildman–Crippen LogP) is 1.08. The van der Waals surface area contributed by atoms with Crippen LogP contribution in [0.15, 0.2) is 18.3 Å². The van der Waals surface area contributed by atoms with E-state index < -0.39 is 0 Å². The van der Waals surface area contributed by atoms with Crippen molar-refractivity contribution >= 4 is 11.5 Å². The monoisotopic (exact) mass is 206 g/mol. The number of nitrogens with one attached hydrogen (secondary N) is 2. The molecule has 0 saturated carbocycles. The number of nitrogens with zero attached hydrogens (tertiary/aromatic N) is 1. The van der Waals surface area contributed by atoms with Gasteiger partial charge in [-0.1, -0.05) is 0 Å². The Morgan fingerprint density at radius 3 is 3.13 bits per heavy atom. The van der Waals surface area contributed by atoms with Crippen LogP contribution in [-0.4, -0.2) is 24.6 Å². The molecular weight excluding hydrogens is 188 g/mol. The van der Waals surface area contributed by atoms with E-state index in [2.05, 4.69) is 15.6 Å². The second-order valence-corrected chi connectivity index (χ2v) is 4.07. The van der Waals surface area contributed by atoms with Gasteiger partial charge < -0.3 is 16.4 Å². The Kier molecular flexibility index (Phi) is 3.40. The fourth-order valence-electron chi connectivity index (χ4n) is 1.87. The van der Waals surface area contributed by atoms with Crippen molar-refractivity contribution in [2.24, 2.45) is 5.92 Å². The van der Waals surface area contributed by atoms with Crippen molar-refractivity contribution in [1.82, 2.24) is 10.3 Å². The van der Waals surface area contributed by atoms with E-state index in [-0.39, 0.29) is 0 Å². The quantitative estimate of drug-likeness (QED) is 0.692. The number of nitrogen functional groups attached to an aromatic ring is 1. The molecule has 0 aromatic carbocycles. The molecule has 1 aromatic heterocycles. The van der Waals surface area contributed by atoms with Gasteiger partial charge in [-0.3, -0.25) is 0 Å². The fraction of sp³-hybridized carbons (Fsp3) is 0.545. The van der Waals surface area contributed by atoms with E-state index in [1.54, 1.807) is 6.20 Å². The lowest BCUT2D eigenvalue weighted by molar-refractivity contribution is 0.393. The highest BCUT2D eigenvalue weighted by molar-refractivity contribution is 5.45. The predicted molar refractivity (Wildman–Crippen MR) is 62.7 cm³/mol. The molecule has 0 bridgehead atoms. The second-order valence-electron chi connectivity index (χ2n) is 4.07. The Morgan fingerprint density at radius 1 is 1.53 bits per heavy atom. The molecule has 2 rings (SSSR count). The van der Waals surface area contributed by atoms with Crippen LogP contribution in [0.2, 0.25) is 0 Å². The largest absolute Gasteiger partial charge is 0.384 e. The van der Waals surface area contributed by atoms with Crippen LogP contribution in [-0.2, 0) is 0 Å². The lowest BCUT2D eigenvalue weighted by Crippen LogP contribution is -2.33. The number of rotatable bonds is 3. The minimum atomic E-state index is 0.569. The Morgan fingerprint density at radius 2 is 2.47 bits per heavy atom. The molecule has 0 radical (unpaired) electrons. The second kappa shape index (κ2) is 4.98. The molecule has 82 valence electrons. The maximum absolute atomic E-state index is 5.52. The summed E-state index contributed by atoms with van der Waals surface area (Å²) in [7, 11) is 0. The van der Waals surface area contributed by atoms with E-state index in [0.29, 0.717) is 5.82 Å². The third-order valence-electron chi connectivity index (χ3n) is 2.78. The van der Waals surface area contributed by atoms with Crippen LogP contribution in [0.1, 0.15) is 12.8 Å². The molecule has 2 heterocycles. The maximum Gasteiger partial charge on any atom is 0.123 e. The first-order chi connectivity index (χ1) is 7.34. The standard InChI is InChI=1S/C11H18N4/c12-11-4-3-10(8-15-11)14-7-9-2-1-5-13-6-9/h3-4,8-9,13-14H,1-2,5-7H2,(H2,12,15). The molecule has 15 heavy (non-hydrogen) atoms. The van der Waals surface area contributed by atoms with Crippen LogP contribution in [0, 0.1) is 5.92 Å². The van der Waals surface area contributed by atoms with E-state index in [4.69, 9.17) is 5.73 Å². The van der Waals surface area contributed by atoms with Crippen molar-refractivity contribution in [2.45, 2.75) is 12.8 Å². The highest BCUT2D eigenvalue weighted by Gasteiger charge is 2.11. The van der Waals surface area contributed by atoms with Gasteiger partial charge in [-0.15, -0.1) is 0 Å². The lowest BCUT2D eigenvalue weighted by atomic mass is 10.00. The van der Waals surface area contributed by atoms with Gasteiger partial charge in [-0.25, -0.2) is 4.98 Å². The molecule has 1 aliphatic rings. The van der Waals surface area contributed by atoms with Gasteiger partial charge in [0.15, 0.2) is 0 Å². The van der Waals surface area contributed by atoms with Crippen LogP contribution in [0.3, 0.4) is 0 Å². The summed E-state index contributed by atoms with van der Waals surface area (Å²) in [5, 5.41) is 6.79. The molecule has 4 heteroatoms. The number of hydrogen-bond acceptors (Lipinski definition) is 4. The minimum absolute atomic E-state index is 0.569. The van der Waals surface area contributed by atoms with Gasteiger partial charge in [0.05, 0.1) is 11.9 Å². The average Bonchev–Trinajstić information content (AvgIpc) is 2.30. The van der Waals surface area contributed by atoms with E-state index in [9.17, 15) is 0 Å². The summed E-state index contributed by atoms with van der Waals surface area (Å²) >= 11 is 0. The zero-order valence-corrected chi connectivity index (χ0v) is 8.87. The van der Waals surface area contributed by atoms with Gasteiger partial charge >= 0.3 is 0 Å². The molecule has 0 aliphatic carbocycles. The first-order valence-electron chi connectivity index (χ1n) is 5.51. The van der Waals surface area contributed by atoms with Crippen molar-refractivity contribution in [1.29, 1.82) is 0 Å². The Labute approximate surface area is 90.3 Å². The van der Waals surface area contributed by atoms with Gasteiger partial charge in [-0.2, -0.15) is 0 Å². The first kappa shape index (κ1) is 10.2. The lowest BCUT2D eigenvalue weighted by Gasteiger charge is -2.23. The highest BCUT2D eigenvalue weighted by atomic mass is 14.9. The molecule has 1 saturated heterocycles. The summed E-state index contributed by atoms with van der Waals surface area (Å²) in [6.45, 7) is 3.30. The van der Waals surface area contributed by atoms with Crippen LogP contribution >= 0.6 is 0 Å². The number of pyridine rings is 1. The SMILES string of the molecule is Nc1ccc(NCC2CCCNC2)cn1. The van der Waals surface area contributed by atoms with E-state index in [0.717, 1.165) is 24.7 Å². The molecular formula is C11H18N4. The van der Waals surface area contributed by atoms with Crippen LogP contribution < -0.4 is 16.4 Å². The van der Waals surface area contributed by atoms with Crippen LogP contribution in [0.5, 0.6) is 0 Å². The molecule has 1 aliphatic heterocycles.